The van der Waals surface area contributed by atoms with Gasteiger partial charge in [0, 0.05) is 16.7 Å². The van der Waals surface area contributed by atoms with Gasteiger partial charge in [-0.2, -0.15) is 0 Å². The van der Waals surface area contributed by atoms with E-state index < -0.39 is 46.5 Å². The number of alkyl halides is 1. The van der Waals surface area contributed by atoms with Crippen molar-refractivity contribution in [1.29, 1.82) is 0 Å². The van der Waals surface area contributed by atoms with E-state index in [-0.39, 0.29) is 24.5 Å². The predicted molar refractivity (Wildman–Crippen MR) is 95.4 cm³/mol. The van der Waals surface area contributed by atoms with Gasteiger partial charge in [-0.25, -0.2) is 4.39 Å². The van der Waals surface area contributed by atoms with Crippen LogP contribution in [0.1, 0.15) is 46.0 Å². The van der Waals surface area contributed by atoms with Crippen LogP contribution in [0.25, 0.3) is 0 Å². The SMILES string of the molecule is CC12C=CC(=O)C=C1CCC1[C@@H]3CC[C@](O)(C(=O)CO)[C@@]3(C)CC(O)[C@@]12F. The average Bonchev–Trinajstić information content (AvgIpc) is 2.88. The highest BCUT2D eigenvalue weighted by molar-refractivity contribution is 6.01. The Morgan fingerprint density at radius 1 is 1.30 bits per heavy atom. The Hall–Kier alpha value is -1.37. The number of Topliss-reactive ketones (excluding diaryl/α,β-unsaturated/α-hetero) is 1. The van der Waals surface area contributed by atoms with Crippen LogP contribution in [0.5, 0.6) is 0 Å². The first-order valence-electron chi connectivity index (χ1n) is 9.72. The molecule has 148 valence electrons. The number of carbonyl (C=O) groups is 2. The van der Waals surface area contributed by atoms with E-state index in [0.29, 0.717) is 24.8 Å². The molecule has 3 unspecified atom stereocenters. The monoisotopic (exact) mass is 378 g/mol. The minimum Gasteiger partial charge on any atom is -0.390 e. The molecule has 0 amide bonds. The van der Waals surface area contributed by atoms with Gasteiger partial charge in [-0.05, 0) is 57.1 Å². The Balaban J connectivity index is 1.81. The number of aliphatic hydroxyl groups excluding tert-OH is 2. The average molecular weight is 378 g/mol. The van der Waals surface area contributed by atoms with Crippen LogP contribution in [0.3, 0.4) is 0 Å². The Morgan fingerprint density at radius 3 is 2.67 bits per heavy atom. The third-order valence-electron chi connectivity index (χ3n) is 8.40. The van der Waals surface area contributed by atoms with Crippen LogP contribution < -0.4 is 0 Å². The molecule has 3 N–H and O–H groups in total. The van der Waals surface area contributed by atoms with Gasteiger partial charge in [0.05, 0.1) is 6.10 Å². The maximum Gasteiger partial charge on any atom is 0.190 e. The first-order chi connectivity index (χ1) is 12.5. The van der Waals surface area contributed by atoms with E-state index in [4.69, 9.17) is 0 Å². The summed E-state index contributed by atoms with van der Waals surface area (Å²) in [6, 6.07) is 0. The quantitative estimate of drug-likeness (QED) is 0.679. The summed E-state index contributed by atoms with van der Waals surface area (Å²) in [5, 5.41) is 31.5. The van der Waals surface area contributed by atoms with E-state index in [9.17, 15) is 24.9 Å². The van der Waals surface area contributed by atoms with Crippen molar-refractivity contribution in [2.45, 2.75) is 63.3 Å². The Bertz CT molecular complexity index is 775. The number of rotatable bonds is 2. The van der Waals surface area contributed by atoms with Gasteiger partial charge < -0.3 is 15.3 Å². The molecule has 0 aromatic heterocycles. The molecule has 27 heavy (non-hydrogen) atoms. The minimum atomic E-state index is -1.97. The van der Waals surface area contributed by atoms with E-state index >= 15 is 4.39 Å². The maximum absolute atomic E-state index is 16.7. The van der Waals surface area contributed by atoms with Crippen LogP contribution in [0.2, 0.25) is 0 Å². The number of halogens is 1. The normalized spacial score (nSPS) is 51.3. The minimum absolute atomic E-state index is 0.0580. The van der Waals surface area contributed by atoms with Gasteiger partial charge in [-0.3, -0.25) is 9.59 Å². The number of hydrogen-bond donors (Lipinski definition) is 3. The van der Waals surface area contributed by atoms with Gasteiger partial charge in [0.2, 0.25) is 0 Å². The van der Waals surface area contributed by atoms with E-state index in [1.54, 1.807) is 19.9 Å². The van der Waals surface area contributed by atoms with E-state index in [1.165, 1.54) is 12.2 Å². The summed E-state index contributed by atoms with van der Waals surface area (Å²) in [5.74, 6) is -1.64. The Morgan fingerprint density at radius 2 is 2.00 bits per heavy atom. The van der Waals surface area contributed by atoms with Crippen molar-refractivity contribution < 1.29 is 29.3 Å². The van der Waals surface area contributed by atoms with Crippen molar-refractivity contribution in [2.24, 2.45) is 22.7 Å². The molecule has 3 saturated carbocycles. The van der Waals surface area contributed by atoms with E-state index in [0.717, 1.165) is 0 Å². The topological polar surface area (TPSA) is 94.8 Å². The van der Waals surface area contributed by atoms with Gasteiger partial charge in [0.15, 0.2) is 17.2 Å². The van der Waals surface area contributed by atoms with Crippen LogP contribution in [0.4, 0.5) is 4.39 Å². The van der Waals surface area contributed by atoms with Crippen molar-refractivity contribution in [3.8, 4) is 0 Å². The number of hydrogen-bond acceptors (Lipinski definition) is 5. The zero-order valence-corrected chi connectivity index (χ0v) is 15.7. The number of ketones is 2. The molecule has 4 aliphatic rings. The highest BCUT2D eigenvalue weighted by Gasteiger charge is 2.73. The van der Waals surface area contributed by atoms with E-state index in [2.05, 4.69) is 0 Å². The molecule has 3 fully saturated rings. The molecular formula is C21H27FO5. The molecule has 7 atom stereocenters. The van der Waals surface area contributed by atoms with Crippen LogP contribution in [-0.4, -0.2) is 50.9 Å². The molecule has 0 heterocycles. The first kappa shape index (κ1) is 19.0. The molecular weight excluding hydrogens is 351 g/mol. The second kappa shape index (κ2) is 5.58. The molecule has 0 aliphatic heterocycles. The summed E-state index contributed by atoms with van der Waals surface area (Å²) in [5.41, 5.74) is -5.07. The fraction of sp³-hybridized carbons (Fsp3) is 0.714. The second-order valence-electron chi connectivity index (χ2n) is 9.24. The first-order valence-corrected chi connectivity index (χ1v) is 9.72. The molecule has 6 heteroatoms. The lowest BCUT2D eigenvalue weighted by molar-refractivity contribution is -0.217. The largest absolute Gasteiger partial charge is 0.390 e. The summed E-state index contributed by atoms with van der Waals surface area (Å²) in [6.07, 6.45) is 4.65. The molecule has 0 aromatic rings. The van der Waals surface area contributed by atoms with Gasteiger partial charge in [0.1, 0.15) is 12.2 Å². The van der Waals surface area contributed by atoms with Gasteiger partial charge >= 0.3 is 0 Å². The molecule has 4 rings (SSSR count). The summed E-state index contributed by atoms with van der Waals surface area (Å²) < 4.78 is 16.7. The Kier molecular flexibility index (Phi) is 3.92. The summed E-state index contributed by atoms with van der Waals surface area (Å²) in [7, 11) is 0. The predicted octanol–water partition coefficient (Wildman–Crippen LogP) is 1.65. The molecule has 0 bridgehead atoms. The smallest absolute Gasteiger partial charge is 0.190 e. The van der Waals surface area contributed by atoms with Crippen LogP contribution >= 0.6 is 0 Å². The van der Waals surface area contributed by atoms with Gasteiger partial charge in [-0.1, -0.05) is 18.6 Å². The zero-order chi connectivity index (χ0) is 19.8. The summed E-state index contributed by atoms with van der Waals surface area (Å²) in [4.78, 5) is 24.1. The van der Waals surface area contributed by atoms with Crippen molar-refractivity contribution in [3.05, 3.63) is 23.8 Å². The lowest BCUT2D eigenvalue weighted by atomic mass is 9.44. The number of allylic oxidation sites excluding steroid dienone is 4. The fourth-order valence-electron chi connectivity index (χ4n) is 6.80. The fourth-order valence-corrected chi connectivity index (χ4v) is 6.80. The highest BCUT2D eigenvalue weighted by atomic mass is 19.1. The molecule has 0 spiro atoms. The van der Waals surface area contributed by atoms with Crippen molar-refractivity contribution >= 4 is 11.6 Å². The van der Waals surface area contributed by atoms with E-state index in [1.807, 2.05) is 0 Å². The van der Waals surface area contributed by atoms with Crippen molar-refractivity contribution in [3.63, 3.8) is 0 Å². The van der Waals surface area contributed by atoms with Crippen molar-refractivity contribution in [1.82, 2.24) is 0 Å². The molecule has 0 aromatic carbocycles. The lowest BCUT2D eigenvalue weighted by Crippen LogP contribution is -2.69. The van der Waals surface area contributed by atoms with Crippen LogP contribution in [-0.2, 0) is 9.59 Å². The number of fused-ring (bicyclic) bond motifs is 5. The van der Waals surface area contributed by atoms with Crippen molar-refractivity contribution in [2.75, 3.05) is 6.61 Å². The number of carbonyl (C=O) groups excluding carboxylic acids is 2. The molecule has 5 nitrogen and oxygen atoms in total. The highest BCUT2D eigenvalue weighted by Crippen LogP contribution is 2.69. The lowest BCUT2D eigenvalue weighted by Gasteiger charge is -2.62. The second-order valence-corrected chi connectivity index (χ2v) is 9.24. The van der Waals surface area contributed by atoms with Crippen LogP contribution in [0, 0.1) is 22.7 Å². The zero-order valence-electron chi connectivity index (χ0n) is 15.7. The summed E-state index contributed by atoms with van der Waals surface area (Å²) >= 11 is 0. The third kappa shape index (κ3) is 2.04. The number of aliphatic hydroxyl groups is 3. The Labute approximate surface area is 158 Å². The molecule has 0 radical (unpaired) electrons. The maximum atomic E-state index is 16.7. The standard InChI is InChI=1S/C21H27FO5/c1-18-7-5-13(24)9-12(18)3-4-15-14-6-8-20(27,17(26)11-23)19(14,2)10-16(25)21(15,18)22/h5,7,9,14-16,23,25,27H,3-4,6,8,10-11H2,1-2H3/t14-,15?,16?,18?,19-,20-,21-/m0/s1. The molecule has 0 saturated heterocycles. The van der Waals surface area contributed by atoms with Gasteiger partial charge in [0.25, 0.3) is 0 Å². The summed E-state index contributed by atoms with van der Waals surface area (Å²) in [6.45, 7) is 2.71. The van der Waals surface area contributed by atoms with Gasteiger partial charge in [-0.15, -0.1) is 0 Å². The van der Waals surface area contributed by atoms with Crippen LogP contribution in [0.15, 0.2) is 23.8 Å². The third-order valence-corrected chi connectivity index (χ3v) is 8.40. The molecule has 4 aliphatic carbocycles.